The highest BCUT2D eigenvalue weighted by molar-refractivity contribution is 6.03. The summed E-state index contributed by atoms with van der Waals surface area (Å²) >= 11 is 0. The molecule has 2 heterocycles. The Bertz CT molecular complexity index is 1550. The second kappa shape index (κ2) is 11.8. The highest BCUT2D eigenvalue weighted by Gasteiger charge is 2.41. The van der Waals surface area contributed by atoms with Gasteiger partial charge in [0.15, 0.2) is 0 Å². The lowest BCUT2D eigenvalue weighted by molar-refractivity contribution is -0.144. The molecule has 4 rings (SSSR count). The summed E-state index contributed by atoms with van der Waals surface area (Å²) in [5.74, 6) is -1.75. The summed E-state index contributed by atoms with van der Waals surface area (Å²) in [6, 6.07) is 5.83. The molecule has 2 atom stereocenters. The van der Waals surface area contributed by atoms with Crippen LogP contribution in [0.5, 0.6) is 0 Å². The number of ether oxygens (including phenoxy) is 1. The van der Waals surface area contributed by atoms with Gasteiger partial charge in [-0.05, 0) is 86.7 Å². The number of amides is 1. The monoisotopic (exact) mass is 625 g/mol. The summed E-state index contributed by atoms with van der Waals surface area (Å²) < 4.78 is 100. The van der Waals surface area contributed by atoms with E-state index in [1.54, 1.807) is 13.0 Å². The quantitative estimate of drug-likeness (QED) is 0.233. The fourth-order valence-corrected chi connectivity index (χ4v) is 5.34. The number of pyridine rings is 1. The van der Waals surface area contributed by atoms with Crippen molar-refractivity contribution in [2.24, 2.45) is 0 Å². The lowest BCUT2D eigenvalue weighted by Crippen LogP contribution is -2.42. The van der Waals surface area contributed by atoms with Crippen molar-refractivity contribution in [2.45, 2.75) is 63.5 Å². The van der Waals surface area contributed by atoms with Crippen molar-refractivity contribution < 1.29 is 45.1 Å². The predicted molar refractivity (Wildman–Crippen MR) is 148 cm³/mol. The average molecular weight is 626 g/mol. The Hall–Kier alpha value is -4.00. The molecule has 1 fully saturated rings. The van der Waals surface area contributed by atoms with Crippen LogP contribution in [-0.4, -0.2) is 37.1 Å². The minimum absolute atomic E-state index is 0.00758. The van der Waals surface area contributed by atoms with Crippen LogP contribution in [0, 0.1) is 12.7 Å². The average Bonchev–Trinajstić information content (AvgIpc) is 3.45. The molecule has 0 spiro atoms. The van der Waals surface area contributed by atoms with E-state index in [9.17, 15) is 40.3 Å². The van der Waals surface area contributed by atoms with Crippen LogP contribution in [0.25, 0.3) is 11.1 Å². The van der Waals surface area contributed by atoms with Crippen molar-refractivity contribution in [3.63, 3.8) is 0 Å². The van der Waals surface area contributed by atoms with Crippen molar-refractivity contribution >= 4 is 17.6 Å². The van der Waals surface area contributed by atoms with Crippen LogP contribution in [-0.2, 0) is 32.1 Å². The summed E-state index contributed by atoms with van der Waals surface area (Å²) in [7, 11) is 2.61. The molecular formula is C31H30F7N3O3. The van der Waals surface area contributed by atoms with E-state index in [1.807, 2.05) is 0 Å². The molecule has 1 aliphatic heterocycles. The summed E-state index contributed by atoms with van der Waals surface area (Å²) in [6.07, 6.45) is -7.80. The molecule has 1 aromatic heterocycles. The van der Waals surface area contributed by atoms with Crippen molar-refractivity contribution in [2.75, 3.05) is 19.1 Å². The van der Waals surface area contributed by atoms with E-state index >= 15 is 0 Å². The van der Waals surface area contributed by atoms with Gasteiger partial charge in [0.2, 0.25) is 5.91 Å². The van der Waals surface area contributed by atoms with E-state index in [0.717, 1.165) is 4.90 Å². The molecule has 1 aliphatic rings. The molecule has 0 aliphatic carbocycles. The van der Waals surface area contributed by atoms with Gasteiger partial charge in [-0.25, -0.2) is 4.39 Å². The molecule has 0 unspecified atom stereocenters. The molecule has 13 heteroatoms. The Balaban J connectivity index is 1.80. The number of hydrogen-bond donors (Lipinski definition) is 1. The number of anilines is 1. The number of nitrogens with one attached hydrogen (secondary N) is 1. The van der Waals surface area contributed by atoms with Crippen LogP contribution < -0.4 is 10.2 Å². The third kappa shape index (κ3) is 6.57. The first-order valence-electron chi connectivity index (χ1n) is 13.5. The van der Waals surface area contributed by atoms with E-state index in [2.05, 4.69) is 10.3 Å². The summed E-state index contributed by atoms with van der Waals surface area (Å²) in [5.41, 5.74) is -3.27. The molecule has 0 bridgehead atoms. The Morgan fingerprint density at radius 3 is 2.05 bits per heavy atom. The van der Waals surface area contributed by atoms with Crippen molar-refractivity contribution in [3.8, 4) is 11.1 Å². The van der Waals surface area contributed by atoms with Gasteiger partial charge >= 0.3 is 18.3 Å². The summed E-state index contributed by atoms with van der Waals surface area (Å²) in [4.78, 5) is 31.5. The van der Waals surface area contributed by atoms with Crippen molar-refractivity contribution in [1.82, 2.24) is 10.3 Å². The summed E-state index contributed by atoms with van der Waals surface area (Å²) in [5, 5.41) is 3.15. The van der Waals surface area contributed by atoms with Crippen LogP contribution in [0.3, 0.4) is 0 Å². The number of esters is 1. The lowest BCUT2D eigenvalue weighted by Gasteiger charge is -2.32. The third-order valence-corrected chi connectivity index (χ3v) is 7.88. The molecule has 3 aromatic rings. The molecule has 44 heavy (non-hydrogen) atoms. The second-order valence-electron chi connectivity index (χ2n) is 11.2. The number of alkyl halides is 6. The molecule has 0 radical (unpaired) electrons. The Morgan fingerprint density at radius 2 is 1.50 bits per heavy atom. The first-order chi connectivity index (χ1) is 20.3. The van der Waals surface area contributed by atoms with Crippen molar-refractivity contribution in [3.05, 3.63) is 82.4 Å². The first kappa shape index (κ1) is 32.9. The van der Waals surface area contributed by atoms with E-state index in [1.165, 1.54) is 52.4 Å². The van der Waals surface area contributed by atoms with Crippen LogP contribution in [0.4, 0.5) is 36.4 Å². The number of carbonyl (C=O) groups excluding carboxylic acids is 2. The highest BCUT2D eigenvalue weighted by atomic mass is 19.4. The molecule has 1 N–H and O–H groups in total. The minimum atomic E-state index is -5.09. The Labute approximate surface area is 249 Å². The number of halogens is 7. The number of likely N-dealkylation sites (N-methyl/N-ethyl adjacent to an activating group) is 1. The van der Waals surface area contributed by atoms with E-state index in [4.69, 9.17) is 4.74 Å². The Morgan fingerprint density at radius 1 is 0.909 bits per heavy atom. The SMILES string of the molecule is COC(=O)[C@H]1CC[C@H](c2cc(-c3ccc(F)cc3C)c(N(C)C(=O)C(C)(C)c3cc(C(F)(F)F)cc(C(F)(F)F)c3)cn2)N1. The number of rotatable bonds is 6. The van der Waals surface area contributed by atoms with Gasteiger partial charge in [-0.15, -0.1) is 0 Å². The number of methoxy groups -OCH3 is 1. The maximum absolute atomic E-state index is 14.0. The number of aromatic nitrogens is 1. The fraction of sp³-hybridized carbons (Fsp3) is 0.387. The molecular weight excluding hydrogens is 595 g/mol. The number of hydrogen-bond acceptors (Lipinski definition) is 5. The standard InChI is InChI=1S/C31H30F7N3O3/c1-16-10-20(32)6-7-21(16)22-14-25(23-8-9-24(40-23)27(42)44-5)39-15-26(22)41(4)28(43)29(2,3)17-11-18(30(33,34)35)13-19(12-17)31(36,37)38/h6-7,10-15,23-24,40H,8-9H2,1-5H3/t23-,24-/m1/s1. The van der Waals surface area contributed by atoms with Gasteiger partial charge < -0.3 is 9.64 Å². The maximum Gasteiger partial charge on any atom is 0.416 e. The van der Waals surface area contributed by atoms with Gasteiger partial charge in [-0.1, -0.05) is 6.07 Å². The van der Waals surface area contributed by atoms with Gasteiger partial charge in [-0.2, -0.15) is 26.3 Å². The largest absolute Gasteiger partial charge is 0.468 e. The van der Waals surface area contributed by atoms with Gasteiger partial charge in [0.1, 0.15) is 11.9 Å². The van der Waals surface area contributed by atoms with Crippen LogP contribution in [0.2, 0.25) is 0 Å². The van der Waals surface area contributed by atoms with Crippen LogP contribution in [0.15, 0.2) is 48.7 Å². The van der Waals surface area contributed by atoms with E-state index < -0.39 is 58.2 Å². The molecule has 1 saturated heterocycles. The zero-order valence-electron chi connectivity index (χ0n) is 24.5. The lowest BCUT2D eigenvalue weighted by atomic mass is 9.81. The fourth-order valence-electron chi connectivity index (χ4n) is 5.34. The normalized spacial score (nSPS) is 17.5. The van der Waals surface area contributed by atoms with Gasteiger partial charge in [-0.3, -0.25) is 19.9 Å². The molecule has 2 aromatic carbocycles. The smallest absolute Gasteiger partial charge is 0.416 e. The molecule has 0 saturated carbocycles. The van der Waals surface area contributed by atoms with Crippen LogP contribution >= 0.6 is 0 Å². The minimum Gasteiger partial charge on any atom is -0.468 e. The van der Waals surface area contributed by atoms with Gasteiger partial charge in [0, 0.05) is 12.6 Å². The predicted octanol–water partition coefficient (Wildman–Crippen LogP) is 7.14. The Kier molecular flexibility index (Phi) is 8.85. The highest BCUT2D eigenvalue weighted by Crippen LogP contribution is 2.41. The number of carbonyl (C=O) groups is 2. The van der Waals surface area contributed by atoms with Crippen molar-refractivity contribution in [1.29, 1.82) is 0 Å². The van der Waals surface area contributed by atoms with E-state index in [0.29, 0.717) is 47.4 Å². The first-order valence-corrected chi connectivity index (χ1v) is 13.5. The van der Waals surface area contributed by atoms with Gasteiger partial charge in [0.05, 0.1) is 47.3 Å². The third-order valence-electron chi connectivity index (χ3n) is 7.88. The molecule has 1 amide bonds. The van der Waals surface area contributed by atoms with Crippen LogP contribution in [0.1, 0.15) is 60.7 Å². The molecule has 236 valence electrons. The second-order valence-corrected chi connectivity index (χ2v) is 11.2. The number of aryl methyl sites for hydroxylation is 1. The zero-order chi connectivity index (χ0) is 32.8. The zero-order valence-corrected chi connectivity index (χ0v) is 24.5. The maximum atomic E-state index is 14.0. The van der Waals surface area contributed by atoms with E-state index in [-0.39, 0.29) is 17.8 Å². The molecule has 6 nitrogen and oxygen atoms in total. The topological polar surface area (TPSA) is 71.5 Å². The number of nitrogens with zero attached hydrogens (tertiary/aromatic N) is 2. The van der Waals surface area contributed by atoms with Gasteiger partial charge in [0.25, 0.3) is 0 Å². The summed E-state index contributed by atoms with van der Waals surface area (Å²) in [6.45, 7) is 4.12. The number of benzene rings is 2.